The van der Waals surface area contributed by atoms with Gasteiger partial charge in [0, 0.05) is 25.5 Å². The first-order chi connectivity index (χ1) is 10.3. The van der Waals surface area contributed by atoms with Crippen LogP contribution in [0.4, 0.5) is 0 Å². The Bertz CT molecular complexity index is 489. The molecule has 0 aromatic carbocycles. The van der Waals surface area contributed by atoms with Crippen LogP contribution in [-0.2, 0) is 12.8 Å². The number of aromatic nitrogens is 4. The third kappa shape index (κ3) is 6.11. The molecule has 114 valence electrons. The molecular formula is C14H23N7. The van der Waals surface area contributed by atoms with Crippen LogP contribution in [0.5, 0.6) is 0 Å². The van der Waals surface area contributed by atoms with Crippen LogP contribution in [0, 0.1) is 5.41 Å². The SMILES string of the molecule is N=C(NCCCCc1c[nH]cn1)NCCCc1c[nH]cn1. The number of aryl methyl sites for hydroxylation is 2. The molecular weight excluding hydrogens is 266 g/mol. The molecule has 21 heavy (non-hydrogen) atoms. The lowest BCUT2D eigenvalue weighted by Crippen LogP contribution is -2.37. The number of hydrogen-bond acceptors (Lipinski definition) is 3. The number of H-pyrrole nitrogens is 2. The van der Waals surface area contributed by atoms with Gasteiger partial charge in [0.1, 0.15) is 0 Å². The molecule has 0 aliphatic rings. The summed E-state index contributed by atoms with van der Waals surface area (Å²) in [5.41, 5.74) is 2.16. The zero-order valence-electron chi connectivity index (χ0n) is 12.2. The van der Waals surface area contributed by atoms with Gasteiger partial charge in [-0.1, -0.05) is 0 Å². The summed E-state index contributed by atoms with van der Waals surface area (Å²) in [6.45, 7) is 1.60. The molecule has 2 rings (SSSR count). The van der Waals surface area contributed by atoms with Crippen molar-refractivity contribution in [3.05, 3.63) is 36.4 Å². The number of imidazole rings is 2. The van der Waals surface area contributed by atoms with Crippen molar-refractivity contribution in [2.24, 2.45) is 0 Å². The molecule has 2 heterocycles. The van der Waals surface area contributed by atoms with Crippen molar-refractivity contribution in [1.29, 1.82) is 5.41 Å². The molecule has 0 saturated heterocycles. The maximum absolute atomic E-state index is 7.76. The summed E-state index contributed by atoms with van der Waals surface area (Å²) >= 11 is 0. The van der Waals surface area contributed by atoms with E-state index in [2.05, 4.69) is 30.6 Å². The van der Waals surface area contributed by atoms with Crippen LogP contribution in [0.15, 0.2) is 25.0 Å². The van der Waals surface area contributed by atoms with E-state index in [1.165, 1.54) is 0 Å². The maximum atomic E-state index is 7.76. The largest absolute Gasteiger partial charge is 0.357 e. The van der Waals surface area contributed by atoms with Gasteiger partial charge in [0.2, 0.25) is 0 Å². The van der Waals surface area contributed by atoms with Crippen molar-refractivity contribution in [2.75, 3.05) is 13.1 Å². The van der Waals surface area contributed by atoms with Crippen molar-refractivity contribution in [1.82, 2.24) is 30.6 Å². The molecule has 5 N–H and O–H groups in total. The van der Waals surface area contributed by atoms with E-state index in [4.69, 9.17) is 5.41 Å². The van der Waals surface area contributed by atoms with Gasteiger partial charge in [-0.2, -0.15) is 0 Å². The van der Waals surface area contributed by atoms with Gasteiger partial charge < -0.3 is 20.6 Å². The van der Waals surface area contributed by atoms with E-state index in [0.717, 1.165) is 56.6 Å². The molecule has 2 aromatic heterocycles. The molecule has 0 fully saturated rings. The topological polar surface area (TPSA) is 105 Å². The van der Waals surface area contributed by atoms with Crippen LogP contribution in [0.3, 0.4) is 0 Å². The summed E-state index contributed by atoms with van der Waals surface area (Å²) in [6.07, 6.45) is 12.2. The van der Waals surface area contributed by atoms with Crippen molar-refractivity contribution in [2.45, 2.75) is 32.1 Å². The molecule has 0 bridgehead atoms. The van der Waals surface area contributed by atoms with Gasteiger partial charge in [0.15, 0.2) is 5.96 Å². The van der Waals surface area contributed by atoms with Gasteiger partial charge in [0.25, 0.3) is 0 Å². The summed E-state index contributed by atoms with van der Waals surface area (Å²) in [4.78, 5) is 14.2. The maximum Gasteiger partial charge on any atom is 0.188 e. The van der Waals surface area contributed by atoms with Gasteiger partial charge >= 0.3 is 0 Å². The first-order valence-corrected chi connectivity index (χ1v) is 7.36. The molecule has 0 amide bonds. The fourth-order valence-electron chi connectivity index (χ4n) is 2.05. The van der Waals surface area contributed by atoms with E-state index >= 15 is 0 Å². The standard InChI is InChI=1S/C14H23N7/c15-14(19-7-3-5-13-9-17-11-21-13)18-6-2-1-4-12-8-16-10-20-12/h8-11H,1-7H2,(H,16,20)(H,17,21)(H3,15,18,19). The Hall–Kier alpha value is -2.31. The minimum atomic E-state index is 0.400. The quantitative estimate of drug-likeness (QED) is 0.272. The second kappa shape index (κ2) is 8.78. The predicted molar refractivity (Wildman–Crippen MR) is 82.2 cm³/mol. The average Bonchev–Trinajstić information content (AvgIpc) is 3.16. The van der Waals surface area contributed by atoms with E-state index in [1.807, 2.05) is 12.4 Å². The van der Waals surface area contributed by atoms with Crippen LogP contribution in [-0.4, -0.2) is 39.0 Å². The third-order valence-corrected chi connectivity index (χ3v) is 3.18. The Kier molecular flexibility index (Phi) is 6.31. The van der Waals surface area contributed by atoms with Crippen LogP contribution in [0.2, 0.25) is 0 Å². The number of unbranched alkanes of at least 4 members (excludes halogenated alkanes) is 1. The number of hydrogen-bond donors (Lipinski definition) is 5. The van der Waals surface area contributed by atoms with Crippen molar-refractivity contribution < 1.29 is 0 Å². The highest BCUT2D eigenvalue weighted by Crippen LogP contribution is 1.99. The fraction of sp³-hybridized carbons (Fsp3) is 0.500. The Morgan fingerprint density at radius 3 is 2.05 bits per heavy atom. The van der Waals surface area contributed by atoms with Gasteiger partial charge in [-0.15, -0.1) is 0 Å². The monoisotopic (exact) mass is 289 g/mol. The molecule has 2 aromatic rings. The molecule has 0 spiro atoms. The summed E-state index contributed by atoms with van der Waals surface area (Å²) in [7, 11) is 0. The van der Waals surface area contributed by atoms with Crippen molar-refractivity contribution in [3.63, 3.8) is 0 Å². The van der Waals surface area contributed by atoms with Crippen molar-refractivity contribution >= 4 is 5.96 Å². The second-order valence-corrected chi connectivity index (χ2v) is 4.91. The van der Waals surface area contributed by atoms with Gasteiger partial charge in [-0.3, -0.25) is 5.41 Å². The molecule has 0 aliphatic heterocycles. The normalized spacial score (nSPS) is 10.5. The molecule has 7 heteroatoms. The average molecular weight is 289 g/mol. The lowest BCUT2D eigenvalue weighted by molar-refractivity contribution is 0.679. The number of guanidine groups is 1. The molecule has 0 atom stereocenters. The van der Waals surface area contributed by atoms with Crippen molar-refractivity contribution in [3.8, 4) is 0 Å². The fourth-order valence-corrected chi connectivity index (χ4v) is 2.05. The van der Waals surface area contributed by atoms with E-state index in [0.29, 0.717) is 5.96 Å². The predicted octanol–water partition coefficient (Wildman–Crippen LogP) is 1.20. The van der Waals surface area contributed by atoms with Gasteiger partial charge in [-0.05, 0) is 32.1 Å². The number of rotatable bonds is 9. The zero-order chi connectivity index (χ0) is 14.8. The van der Waals surface area contributed by atoms with E-state index in [-0.39, 0.29) is 0 Å². The van der Waals surface area contributed by atoms with Crippen LogP contribution >= 0.6 is 0 Å². The van der Waals surface area contributed by atoms with Crippen LogP contribution < -0.4 is 10.6 Å². The second-order valence-electron chi connectivity index (χ2n) is 4.91. The highest BCUT2D eigenvalue weighted by Gasteiger charge is 1.98. The van der Waals surface area contributed by atoms with E-state index in [1.54, 1.807) is 12.7 Å². The summed E-state index contributed by atoms with van der Waals surface area (Å²) < 4.78 is 0. The highest BCUT2D eigenvalue weighted by molar-refractivity contribution is 5.76. The molecule has 0 aliphatic carbocycles. The van der Waals surface area contributed by atoms with E-state index < -0.39 is 0 Å². The molecule has 0 unspecified atom stereocenters. The first-order valence-electron chi connectivity index (χ1n) is 7.36. The minimum Gasteiger partial charge on any atom is -0.357 e. The Morgan fingerprint density at radius 2 is 1.48 bits per heavy atom. The Balaban J connectivity index is 1.42. The third-order valence-electron chi connectivity index (χ3n) is 3.18. The summed E-state index contributed by atoms with van der Waals surface area (Å²) in [5, 5.41) is 13.9. The molecule has 7 nitrogen and oxygen atoms in total. The molecule has 0 saturated carbocycles. The minimum absolute atomic E-state index is 0.400. The van der Waals surface area contributed by atoms with Gasteiger partial charge in [0.05, 0.1) is 24.0 Å². The van der Waals surface area contributed by atoms with Gasteiger partial charge in [-0.25, -0.2) is 9.97 Å². The van der Waals surface area contributed by atoms with E-state index in [9.17, 15) is 0 Å². The summed E-state index contributed by atoms with van der Waals surface area (Å²) in [6, 6.07) is 0. The Morgan fingerprint density at radius 1 is 0.905 bits per heavy atom. The summed E-state index contributed by atoms with van der Waals surface area (Å²) in [5.74, 6) is 0.400. The number of nitrogens with one attached hydrogen (secondary N) is 5. The molecule has 0 radical (unpaired) electrons. The van der Waals surface area contributed by atoms with Crippen LogP contribution in [0.25, 0.3) is 0 Å². The number of aromatic amines is 2. The lowest BCUT2D eigenvalue weighted by atomic mass is 10.2. The first kappa shape index (κ1) is 15.1. The smallest absolute Gasteiger partial charge is 0.188 e. The zero-order valence-corrected chi connectivity index (χ0v) is 12.2. The Labute approximate surface area is 124 Å². The van der Waals surface area contributed by atoms with Crippen LogP contribution in [0.1, 0.15) is 30.7 Å². The highest BCUT2D eigenvalue weighted by atomic mass is 15.1. The lowest BCUT2D eigenvalue weighted by Gasteiger charge is -2.09. The number of nitrogens with zero attached hydrogens (tertiary/aromatic N) is 2.